The van der Waals surface area contributed by atoms with Crippen molar-refractivity contribution in [1.82, 2.24) is 0 Å². The summed E-state index contributed by atoms with van der Waals surface area (Å²) < 4.78 is 14.2. The Kier molecular flexibility index (Phi) is 7.73. The number of halogens is 2. The number of anilines is 2. The van der Waals surface area contributed by atoms with Crippen LogP contribution in [0.5, 0.6) is 5.75 Å². The fourth-order valence-corrected chi connectivity index (χ4v) is 9.68. The molecule has 6 atom stereocenters. The van der Waals surface area contributed by atoms with E-state index in [2.05, 4.69) is 0 Å². The van der Waals surface area contributed by atoms with E-state index in [1.54, 1.807) is 73.7 Å². The van der Waals surface area contributed by atoms with Gasteiger partial charge in [-0.05, 0) is 73.5 Å². The van der Waals surface area contributed by atoms with Gasteiger partial charge in [-0.2, -0.15) is 0 Å². The molecule has 1 N–H and O–H groups in total. The number of carbonyl (C=O) groups excluding carboxylic acids is 5. The predicted molar refractivity (Wildman–Crippen MR) is 200 cm³/mol. The lowest BCUT2D eigenvalue weighted by molar-refractivity contribution is -0.131. The molecule has 5 aromatic carbocycles. The van der Waals surface area contributed by atoms with E-state index in [1.165, 1.54) is 17.0 Å². The zero-order chi connectivity index (χ0) is 37.6. The van der Waals surface area contributed by atoms with E-state index < -0.39 is 58.5 Å². The predicted octanol–water partition coefficient (Wildman–Crippen LogP) is 8.00. The zero-order valence-corrected chi connectivity index (χ0v) is 29.7. The van der Waals surface area contributed by atoms with Crippen molar-refractivity contribution in [1.29, 1.82) is 0 Å². The quantitative estimate of drug-likeness (QED) is 0.111. The summed E-state index contributed by atoms with van der Waals surface area (Å²) in [7, 11) is 0. The van der Waals surface area contributed by atoms with Gasteiger partial charge in [-0.1, -0.05) is 90.0 Å². The molecule has 268 valence electrons. The van der Waals surface area contributed by atoms with Crippen molar-refractivity contribution in [2.45, 2.75) is 25.7 Å². The number of phenols is 1. The minimum absolute atomic E-state index is 0.0362. The summed E-state index contributed by atoms with van der Waals surface area (Å²) in [6.07, 6.45) is 2.23. The molecule has 0 spiro atoms. The van der Waals surface area contributed by atoms with E-state index in [0.717, 1.165) is 16.4 Å². The SMILES string of the molecule is CC12C(=O)N(c3ccc(F)c(Cl)c3)C(=O)C1CC1C(=CCC3C(=O)N(c4ccc(C(=O)c5ccccc5)cc4)C(=O)C31)C2c1ccc2ccccc2c1O. The molecular formula is C44H32ClFN2O6. The Morgan fingerprint density at radius 1 is 0.778 bits per heavy atom. The molecule has 6 unspecified atom stereocenters. The van der Waals surface area contributed by atoms with Crippen LogP contribution in [-0.2, 0) is 19.2 Å². The van der Waals surface area contributed by atoms with Gasteiger partial charge in [-0.25, -0.2) is 9.29 Å². The molecule has 2 saturated heterocycles. The second-order valence-corrected chi connectivity index (χ2v) is 15.1. The van der Waals surface area contributed by atoms with Crippen LogP contribution in [0.2, 0.25) is 5.02 Å². The topological polar surface area (TPSA) is 112 Å². The number of benzene rings is 5. The lowest BCUT2D eigenvalue weighted by atomic mass is 9.51. The van der Waals surface area contributed by atoms with E-state index in [4.69, 9.17) is 11.6 Å². The van der Waals surface area contributed by atoms with Crippen LogP contribution >= 0.6 is 11.6 Å². The van der Waals surface area contributed by atoms with Crippen molar-refractivity contribution in [3.63, 3.8) is 0 Å². The number of ketones is 1. The number of hydrogen-bond acceptors (Lipinski definition) is 6. The van der Waals surface area contributed by atoms with Crippen molar-refractivity contribution in [3.8, 4) is 5.75 Å². The van der Waals surface area contributed by atoms with Crippen LogP contribution in [0.15, 0.2) is 121 Å². The average molecular weight is 739 g/mol. The second kappa shape index (κ2) is 12.3. The average Bonchev–Trinajstić information content (AvgIpc) is 3.56. The Labute approximate surface area is 314 Å². The maximum atomic E-state index is 14.8. The molecule has 2 aliphatic carbocycles. The Bertz CT molecular complexity index is 2500. The Balaban J connectivity index is 1.13. The fourth-order valence-electron chi connectivity index (χ4n) is 9.51. The van der Waals surface area contributed by atoms with E-state index in [1.807, 2.05) is 30.3 Å². The van der Waals surface area contributed by atoms with Crippen molar-refractivity contribution < 1.29 is 33.5 Å². The largest absolute Gasteiger partial charge is 0.507 e. The summed E-state index contributed by atoms with van der Waals surface area (Å²) in [5.41, 5.74) is 1.11. The van der Waals surface area contributed by atoms with Crippen molar-refractivity contribution >= 4 is 63.2 Å². The molecule has 4 amide bonds. The standard InChI is InChI=1S/C44H32ClFN2O6/c1-44-33(41(52)48(43(44)54)27-16-20-35(46)34(45)21-27)22-32-29(37(44)31-17-13-23-7-5-6-10-28(23)39(31)50)18-19-30-36(32)42(53)47(40(30)51)26-14-11-25(12-15-26)38(49)24-8-3-2-4-9-24/h2-18,20-21,30,32-33,36-37,50H,19,22H2,1H3. The lowest BCUT2D eigenvalue weighted by Crippen LogP contribution is -2.48. The van der Waals surface area contributed by atoms with Crippen LogP contribution in [-0.4, -0.2) is 34.5 Å². The first-order valence-electron chi connectivity index (χ1n) is 17.8. The van der Waals surface area contributed by atoms with Gasteiger partial charge in [-0.3, -0.25) is 28.9 Å². The van der Waals surface area contributed by atoms with Crippen LogP contribution in [0.25, 0.3) is 10.8 Å². The molecule has 4 aliphatic rings. The van der Waals surface area contributed by atoms with E-state index >= 15 is 0 Å². The number of fused-ring (bicyclic) bond motifs is 5. The molecule has 1 saturated carbocycles. The minimum atomic E-state index is -1.42. The summed E-state index contributed by atoms with van der Waals surface area (Å²) in [4.78, 5) is 73.2. The number of rotatable bonds is 5. The molecule has 3 fully saturated rings. The van der Waals surface area contributed by atoms with Crippen LogP contribution in [0.4, 0.5) is 15.8 Å². The molecular weight excluding hydrogens is 707 g/mol. The highest BCUT2D eigenvalue weighted by Gasteiger charge is 2.68. The summed E-state index contributed by atoms with van der Waals surface area (Å²) in [6.45, 7) is 1.72. The Morgan fingerprint density at radius 2 is 1.46 bits per heavy atom. The molecule has 2 heterocycles. The van der Waals surface area contributed by atoms with Gasteiger partial charge in [0.1, 0.15) is 11.6 Å². The van der Waals surface area contributed by atoms with Crippen molar-refractivity contribution in [3.05, 3.63) is 148 Å². The first-order valence-corrected chi connectivity index (χ1v) is 18.2. The fraction of sp³-hybridized carbons (Fsp3) is 0.205. The molecule has 10 heteroatoms. The number of phenolic OH excluding ortho intramolecular Hbond substituents is 1. The third kappa shape index (κ3) is 4.77. The third-order valence-corrected chi connectivity index (χ3v) is 12.4. The van der Waals surface area contributed by atoms with Crippen molar-refractivity contribution in [2.24, 2.45) is 29.1 Å². The Hall–Kier alpha value is -5.93. The molecule has 8 nitrogen and oxygen atoms in total. The van der Waals surface area contributed by atoms with E-state index in [-0.39, 0.29) is 41.0 Å². The van der Waals surface area contributed by atoms with Crippen LogP contribution in [0.3, 0.4) is 0 Å². The molecule has 5 aromatic rings. The monoisotopic (exact) mass is 738 g/mol. The summed E-state index contributed by atoms with van der Waals surface area (Å²) in [5.74, 6) is -6.75. The van der Waals surface area contributed by atoms with Crippen LogP contribution < -0.4 is 9.80 Å². The van der Waals surface area contributed by atoms with Crippen molar-refractivity contribution in [2.75, 3.05) is 9.80 Å². The van der Waals surface area contributed by atoms with Crippen LogP contribution in [0.1, 0.15) is 47.2 Å². The minimum Gasteiger partial charge on any atom is -0.507 e. The highest BCUT2D eigenvalue weighted by atomic mass is 35.5. The number of allylic oxidation sites excluding steroid dienone is 2. The first-order chi connectivity index (χ1) is 26.0. The maximum absolute atomic E-state index is 14.8. The Morgan fingerprint density at radius 3 is 2.20 bits per heavy atom. The zero-order valence-electron chi connectivity index (χ0n) is 28.9. The number of carbonyl (C=O) groups is 5. The van der Waals surface area contributed by atoms with Gasteiger partial charge >= 0.3 is 0 Å². The van der Waals surface area contributed by atoms with Gasteiger partial charge in [0.2, 0.25) is 23.6 Å². The molecule has 9 rings (SSSR count). The highest BCUT2D eigenvalue weighted by Crippen LogP contribution is 2.65. The first kappa shape index (κ1) is 33.9. The second-order valence-electron chi connectivity index (χ2n) is 14.7. The van der Waals surface area contributed by atoms with Crippen LogP contribution in [0, 0.1) is 34.9 Å². The number of imide groups is 2. The highest BCUT2D eigenvalue weighted by molar-refractivity contribution is 6.32. The van der Waals surface area contributed by atoms with Gasteiger partial charge in [0.05, 0.1) is 39.6 Å². The van der Waals surface area contributed by atoms with Gasteiger partial charge < -0.3 is 5.11 Å². The maximum Gasteiger partial charge on any atom is 0.241 e. The molecule has 0 bridgehead atoms. The summed E-state index contributed by atoms with van der Waals surface area (Å²) in [6, 6.07) is 29.8. The van der Waals surface area contributed by atoms with E-state index in [0.29, 0.717) is 33.3 Å². The summed E-state index contributed by atoms with van der Waals surface area (Å²) in [5, 5.41) is 13.0. The third-order valence-electron chi connectivity index (χ3n) is 12.1. The van der Waals surface area contributed by atoms with E-state index in [9.17, 15) is 33.5 Å². The number of hydrogen-bond donors (Lipinski definition) is 1. The smallest absolute Gasteiger partial charge is 0.241 e. The number of aromatic hydroxyl groups is 1. The molecule has 0 radical (unpaired) electrons. The van der Waals surface area contributed by atoms with Gasteiger partial charge in [0.15, 0.2) is 5.78 Å². The number of amides is 4. The summed E-state index contributed by atoms with van der Waals surface area (Å²) >= 11 is 6.13. The lowest BCUT2D eigenvalue weighted by Gasteiger charge is -2.49. The normalized spacial score (nSPS) is 26.1. The van der Waals surface area contributed by atoms with Gasteiger partial charge in [0, 0.05) is 28.0 Å². The molecule has 54 heavy (non-hydrogen) atoms. The number of nitrogens with zero attached hydrogens (tertiary/aromatic N) is 2. The van der Waals surface area contributed by atoms with Gasteiger partial charge in [-0.15, -0.1) is 0 Å². The van der Waals surface area contributed by atoms with Gasteiger partial charge in [0.25, 0.3) is 0 Å². The molecule has 2 aliphatic heterocycles. The molecule has 0 aromatic heterocycles.